The smallest absolute Gasteiger partial charge is 0.234 e. The normalized spacial score (nSPS) is 21.8. The van der Waals surface area contributed by atoms with Crippen LogP contribution in [-0.4, -0.2) is 28.2 Å². The van der Waals surface area contributed by atoms with Crippen LogP contribution in [0, 0.1) is 0 Å². The molecule has 1 fully saturated rings. The van der Waals surface area contributed by atoms with Gasteiger partial charge in [0.15, 0.2) is 0 Å². The Hall–Kier alpha value is -1.75. The molecule has 1 saturated heterocycles. The van der Waals surface area contributed by atoms with Crippen LogP contribution in [0.15, 0.2) is 23.0 Å². The minimum absolute atomic E-state index is 0.0133. The summed E-state index contributed by atoms with van der Waals surface area (Å²) in [4.78, 5) is 8.89. The van der Waals surface area contributed by atoms with Gasteiger partial charge >= 0.3 is 0 Å². The van der Waals surface area contributed by atoms with Gasteiger partial charge in [0.25, 0.3) is 0 Å². The molecule has 3 rings (SSSR count). The average molecular weight is 286 g/mol. The number of rotatable bonds is 5. The SMILES string of the molecule is CCCC1(c2nc(-c3ccncc3CC)no2)CCNC1. The molecule has 1 aliphatic rings. The van der Waals surface area contributed by atoms with Crippen molar-refractivity contribution in [2.24, 2.45) is 0 Å². The van der Waals surface area contributed by atoms with Gasteiger partial charge in [-0.1, -0.05) is 25.4 Å². The van der Waals surface area contributed by atoms with E-state index < -0.39 is 0 Å². The third kappa shape index (κ3) is 2.58. The molecule has 0 aromatic carbocycles. The highest BCUT2D eigenvalue weighted by Crippen LogP contribution is 2.35. The molecule has 0 bridgehead atoms. The molecule has 2 aromatic heterocycles. The minimum Gasteiger partial charge on any atom is -0.338 e. The summed E-state index contributed by atoms with van der Waals surface area (Å²) >= 11 is 0. The molecule has 0 amide bonds. The molecule has 5 heteroatoms. The monoisotopic (exact) mass is 286 g/mol. The van der Waals surface area contributed by atoms with E-state index in [0.717, 1.165) is 55.8 Å². The Morgan fingerprint density at radius 3 is 3.00 bits per heavy atom. The summed E-state index contributed by atoms with van der Waals surface area (Å²) in [6.45, 7) is 6.27. The van der Waals surface area contributed by atoms with Crippen molar-refractivity contribution in [3.63, 3.8) is 0 Å². The first-order valence-electron chi connectivity index (χ1n) is 7.77. The zero-order valence-electron chi connectivity index (χ0n) is 12.7. The van der Waals surface area contributed by atoms with E-state index in [9.17, 15) is 0 Å². The Labute approximate surface area is 125 Å². The number of nitrogens with one attached hydrogen (secondary N) is 1. The molecule has 0 aliphatic carbocycles. The van der Waals surface area contributed by atoms with Crippen LogP contribution in [0.25, 0.3) is 11.4 Å². The van der Waals surface area contributed by atoms with Crippen LogP contribution >= 0.6 is 0 Å². The van der Waals surface area contributed by atoms with E-state index in [0.29, 0.717) is 5.82 Å². The third-order valence-electron chi connectivity index (χ3n) is 4.38. The van der Waals surface area contributed by atoms with E-state index in [1.54, 1.807) is 6.20 Å². The Morgan fingerprint density at radius 1 is 1.38 bits per heavy atom. The summed E-state index contributed by atoms with van der Waals surface area (Å²) in [5.41, 5.74) is 2.19. The summed E-state index contributed by atoms with van der Waals surface area (Å²) in [5, 5.41) is 7.66. The molecule has 1 atom stereocenters. The lowest BCUT2D eigenvalue weighted by Gasteiger charge is -2.22. The van der Waals surface area contributed by atoms with Gasteiger partial charge in [0.05, 0.1) is 5.41 Å². The summed E-state index contributed by atoms with van der Waals surface area (Å²) in [6, 6.07) is 1.97. The highest BCUT2D eigenvalue weighted by atomic mass is 16.5. The lowest BCUT2D eigenvalue weighted by Crippen LogP contribution is -2.29. The van der Waals surface area contributed by atoms with Crippen LogP contribution in [0.3, 0.4) is 0 Å². The van der Waals surface area contributed by atoms with Crippen molar-refractivity contribution < 1.29 is 4.52 Å². The first-order chi connectivity index (χ1) is 10.3. The second kappa shape index (κ2) is 5.93. The van der Waals surface area contributed by atoms with E-state index in [1.165, 1.54) is 0 Å². The number of nitrogens with zero attached hydrogens (tertiary/aromatic N) is 3. The maximum Gasteiger partial charge on any atom is 0.234 e. The summed E-state index contributed by atoms with van der Waals surface area (Å²) in [5.74, 6) is 1.47. The van der Waals surface area contributed by atoms with Crippen molar-refractivity contribution in [2.45, 2.75) is 44.9 Å². The molecule has 0 spiro atoms. The Morgan fingerprint density at radius 2 is 2.29 bits per heavy atom. The Kier molecular flexibility index (Phi) is 4.01. The zero-order chi connectivity index (χ0) is 14.7. The van der Waals surface area contributed by atoms with Crippen LogP contribution in [0.4, 0.5) is 0 Å². The quantitative estimate of drug-likeness (QED) is 0.915. The van der Waals surface area contributed by atoms with Crippen molar-refractivity contribution in [1.82, 2.24) is 20.4 Å². The van der Waals surface area contributed by atoms with E-state index in [-0.39, 0.29) is 5.41 Å². The molecule has 2 aromatic rings. The van der Waals surface area contributed by atoms with Gasteiger partial charge in [0.2, 0.25) is 11.7 Å². The van der Waals surface area contributed by atoms with E-state index >= 15 is 0 Å². The highest BCUT2D eigenvalue weighted by molar-refractivity contribution is 5.58. The van der Waals surface area contributed by atoms with Gasteiger partial charge < -0.3 is 9.84 Å². The first kappa shape index (κ1) is 14.2. The van der Waals surface area contributed by atoms with E-state index in [1.807, 2.05) is 12.3 Å². The highest BCUT2D eigenvalue weighted by Gasteiger charge is 2.40. The number of hydrogen-bond acceptors (Lipinski definition) is 5. The lowest BCUT2D eigenvalue weighted by molar-refractivity contribution is 0.277. The fourth-order valence-electron chi connectivity index (χ4n) is 3.20. The second-order valence-electron chi connectivity index (χ2n) is 5.77. The second-order valence-corrected chi connectivity index (χ2v) is 5.77. The fourth-order valence-corrected chi connectivity index (χ4v) is 3.20. The van der Waals surface area contributed by atoms with Crippen LogP contribution in [0.2, 0.25) is 0 Å². The maximum absolute atomic E-state index is 5.64. The number of aromatic nitrogens is 3. The molecule has 0 saturated carbocycles. The summed E-state index contributed by atoms with van der Waals surface area (Å²) in [7, 11) is 0. The predicted octanol–water partition coefficient (Wildman–Crippen LogP) is 2.73. The topological polar surface area (TPSA) is 63.8 Å². The van der Waals surface area contributed by atoms with Gasteiger partial charge in [-0.2, -0.15) is 4.98 Å². The molecule has 21 heavy (non-hydrogen) atoms. The van der Waals surface area contributed by atoms with Crippen molar-refractivity contribution in [3.8, 4) is 11.4 Å². The minimum atomic E-state index is 0.0133. The van der Waals surface area contributed by atoms with Crippen LogP contribution in [0.1, 0.15) is 44.6 Å². The molecule has 1 unspecified atom stereocenters. The molecule has 5 nitrogen and oxygen atoms in total. The van der Waals surface area contributed by atoms with E-state index in [2.05, 4.69) is 29.3 Å². The van der Waals surface area contributed by atoms with Gasteiger partial charge in [-0.3, -0.25) is 4.98 Å². The number of pyridine rings is 1. The summed E-state index contributed by atoms with van der Waals surface area (Å²) < 4.78 is 5.64. The molecule has 1 N–H and O–H groups in total. The van der Waals surface area contributed by atoms with Crippen LogP contribution < -0.4 is 5.32 Å². The van der Waals surface area contributed by atoms with Crippen LogP contribution in [0.5, 0.6) is 0 Å². The standard InChI is InChI=1S/C16H22N4O/c1-3-6-16(7-9-18-11-16)15-19-14(20-21-15)13-5-8-17-10-12(13)4-2/h5,8,10,18H,3-4,6-7,9,11H2,1-2H3. The molecule has 1 aliphatic heterocycles. The average Bonchev–Trinajstić information content (AvgIpc) is 3.17. The first-order valence-corrected chi connectivity index (χ1v) is 7.77. The molecular formula is C16H22N4O. The maximum atomic E-state index is 5.64. The summed E-state index contributed by atoms with van der Waals surface area (Å²) in [6.07, 6.45) is 7.84. The predicted molar refractivity (Wildman–Crippen MR) is 81.0 cm³/mol. The van der Waals surface area contributed by atoms with Crippen molar-refractivity contribution in [2.75, 3.05) is 13.1 Å². The Balaban J connectivity index is 1.96. The van der Waals surface area contributed by atoms with Gasteiger partial charge in [-0.15, -0.1) is 0 Å². The van der Waals surface area contributed by atoms with Gasteiger partial charge in [-0.25, -0.2) is 0 Å². The Bertz CT molecular complexity index is 602. The van der Waals surface area contributed by atoms with Gasteiger partial charge in [-0.05, 0) is 37.4 Å². The molecule has 3 heterocycles. The third-order valence-corrected chi connectivity index (χ3v) is 4.38. The van der Waals surface area contributed by atoms with Crippen molar-refractivity contribution in [1.29, 1.82) is 0 Å². The van der Waals surface area contributed by atoms with Gasteiger partial charge in [0, 0.05) is 24.5 Å². The van der Waals surface area contributed by atoms with Crippen molar-refractivity contribution >= 4 is 0 Å². The molecule has 0 radical (unpaired) electrons. The number of hydrogen-bond donors (Lipinski definition) is 1. The largest absolute Gasteiger partial charge is 0.338 e. The van der Waals surface area contributed by atoms with Crippen molar-refractivity contribution in [3.05, 3.63) is 29.9 Å². The fraction of sp³-hybridized carbons (Fsp3) is 0.562. The van der Waals surface area contributed by atoms with Crippen LogP contribution in [-0.2, 0) is 11.8 Å². The number of aryl methyl sites for hydroxylation is 1. The van der Waals surface area contributed by atoms with E-state index in [4.69, 9.17) is 9.51 Å². The molecule has 112 valence electrons. The van der Waals surface area contributed by atoms with Gasteiger partial charge in [0.1, 0.15) is 0 Å². The zero-order valence-corrected chi connectivity index (χ0v) is 12.7. The molecular weight excluding hydrogens is 264 g/mol. The lowest BCUT2D eigenvalue weighted by atomic mass is 9.82.